The van der Waals surface area contributed by atoms with E-state index >= 15 is 0 Å². The van der Waals surface area contributed by atoms with Crippen LogP contribution in [0.15, 0.2) is 0 Å². The molecule has 0 saturated heterocycles. The molecule has 0 spiro atoms. The molecule has 0 aromatic rings. The Bertz CT molecular complexity index is 1890. The number of nitrogens with zero attached hydrogens (tertiary/aromatic N) is 15. The van der Waals surface area contributed by atoms with Gasteiger partial charge in [0.05, 0.1) is 12.5 Å². The topological polar surface area (TPSA) is 74.9 Å². The number of halogens is 3. The third-order valence-electron chi connectivity index (χ3n) is 19.1. The van der Waals surface area contributed by atoms with Crippen LogP contribution in [0.25, 0.3) is 0 Å². The predicted molar refractivity (Wildman–Crippen MR) is 621 cm³/mol. The fraction of sp³-hybridized carbons (Fsp3) is 0.817. The van der Waals surface area contributed by atoms with Crippen molar-refractivity contribution in [3.63, 3.8) is 0 Å². The third kappa shape index (κ3) is 228. The monoisotopic (exact) mass is 3780 g/mol. The van der Waals surface area contributed by atoms with Crippen LogP contribution in [0.4, 0.5) is 13.2 Å². The van der Waals surface area contributed by atoms with Crippen LogP contribution in [0.2, 0.25) is 0 Å². The maximum atomic E-state index is 12.5. The minimum Gasteiger partial charge on any atom is -0.462 e. The SMILES string of the molecule is CC(C)CN(C)CCN(C)C(C)C.C[CH-]C.C[CH-]C.C[CH-]C.C[CH-]C.C[CH-]C.C[CH-]C.C[CH-]C.C[CH-]C.C[CH-]C.C[CH-]C.[CH2-]C(=O)N(C)CCN(C)CCN(C)C(C)C.[CH2-]COCCN(C)C(C)C.[CH2-]N(C)C(C)(C)C(C)C.[CH2-]N(C)C(C)C.[CH2-]N(C)C(C)C(C)C.[CH2-]N(C)C(F)(F)C(C)C.[CH2-]N(C)C(F)C(C)C.[CH2-]N(C)C1(C(C)C)CC1.[CH2-]N(C)CC(C)C.[CH2-]N(C)CCN(C)C(C)C.[W+2].[W+2].[W+2].[W+2].[W+2].[W+2].[W+2].[W+2].[W+2].[W+2]. The van der Waals surface area contributed by atoms with Gasteiger partial charge in [0.25, 0.3) is 6.05 Å². The maximum Gasteiger partial charge on any atom is 2.00 e. The standard InChI is InChI=1S/C12H26N3O.C11H26N2.C8H19N2.C8H18NO.C8H16N.C8H18N.C7H16N.C6H12F2N.C6H13FN.C6H14N.C5H12N.10C3H7.10W/c1-11(2)14(5)9-7-13(4)8-10-15(6)12(3)16;1-10(2)9-12(5)7-8-13(6)11(3)4;1-8(2)10(5)7-6-9(3)4;1-5-10-7-6-9(4)8(2)3;1-7(2)8(5-6-8)9(3)4;1-7(2)8(3,4)9(5)6;1-6(2)7(3)8(4)5;1-5(2)6(7,8)9(3)4;1-5(2)6(7)8(3)4;1-6(2)5-7(3)4;1-5(2)6(3)4;10*1-3-2;;;;;;;;;;/h11H,3,7-10H2,1-2,4-6H3;10-11H,7-9H2,1-6H3;8H,3,6-7H2,1-2,4-5H3;8H,1,5-7H2,2-4H3;7H,3,5-6H2,1-2,4H3;7H,5H2,1-4,6H3;6-7H,4H2,1-3,5H3;5H,3H2,1-2,4H3;5-6H,3H2,1-2,4H3;6H,3,5H2,1-2,4H3;5H,3H2,1-2,4H3;10*3H,1-2H3;;;;;;;;;;/q-1;;19*-1;10*+2. The average Bonchev–Trinajstić information content (AvgIpc) is 1.63. The average molecular weight is 3780 g/mol. The van der Waals surface area contributed by atoms with Crippen LogP contribution in [-0.4, -0.2) is 330 Å². The van der Waals surface area contributed by atoms with Crippen LogP contribution in [0.3, 0.4) is 0 Å². The molecule has 1 fully saturated rings. The van der Waals surface area contributed by atoms with Gasteiger partial charge in [0.1, 0.15) is 6.30 Å². The summed E-state index contributed by atoms with van der Waals surface area (Å²) in [6.45, 7) is 117. The Morgan fingerprint density at radius 2 is 0.586 bits per heavy atom. The summed E-state index contributed by atoms with van der Waals surface area (Å²) in [5, 5.41) is 0. The van der Waals surface area contributed by atoms with Crippen LogP contribution < -0.4 is 0 Å². The van der Waals surface area contributed by atoms with Crippen molar-refractivity contribution in [2.75, 3.05) is 191 Å². The molecule has 0 aromatic carbocycles. The first-order valence-corrected chi connectivity index (χ1v) is 50.7. The molecule has 2 unspecified atom stereocenters. The fourth-order valence-corrected chi connectivity index (χ4v) is 7.65. The molecule has 1 rings (SSSR count). The third-order valence-corrected chi connectivity index (χ3v) is 19.1. The van der Waals surface area contributed by atoms with Crippen molar-refractivity contribution >= 4 is 5.91 Å². The summed E-state index contributed by atoms with van der Waals surface area (Å²) in [5.74, 6) is 2.87. The van der Waals surface area contributed by atoms with Crippen molar-refractivity contribution in [3.05, 3.63) is 134 Å². The summed E-state index contributed by atoms with van der Waals surface area (Å²) < 4.78 is 42.7. The van der Waals surface area contributed by atoms with Gasteiger partial charge in [0.15, 0.2) is 0 Å². The maximum absolute atomic E-state index is 12.5. The predicted octanol–water partition coefficient (Wildman–Crippen LogP) is 28.9. The largest absolute Gasteiger partial charge is 2.00 e. The Morgan fingerprint density at radius 1 is 0.338 bits per heavy atom. The molecule has 0 aliphatic heterocycles. The first kappa shape index (κ1) is 232. The Morgan fingerprint density at radius 3 is 0.697 bits per heavy atom. The van der Waals surface area contributed by atoms with Gasteiger partial charge in [-0.1, -0.05) is 124 Å². The molecule has 1 saturated carbocycles. The van der Waals surface area contributed by atoms with Gasteiger partial charge in [-0.05, 0) is 253 Å². The first-order valence-electron chi connectivity index (χ1n) is 50.7. The van der Waals surface area contributed by atoms with Crippen LogP contribution in [-0.2, 0) is 220 Å². The molecule has 1 aliphatic carbocycles. The minimum atomic E-state index is -2.78. The van der Waals surface area contributed by atoms with Crippen molar-refractivity contribution in [2.45, 2.75) is 398 Å². The van der Waals surface area contributed by atoms with Crippen molar-refractivity contribution in [3.8, 4) is 0 Å². The Labute approximate surface area is 1070 Å². The molecular formula is C115H260F3N15O2W10. The quantitative estimate of drug-likeness (QED) is 0.0343. The van der Waals surface area contributed by atoms with Gasteiger partial charge in [-0.25, -0.2) is 4.39 Å². The normalized spacial score (nSPS) is 11.0. The molecule has 145 heavy (non-hydrogen) atoms. The second-order valence-electron chi connectivity index (χ2n) is 39.8. The Hall–Kier alpha value is 5.41. The van der Waals surface area contributed by atoms with E-state index in [2.05, 4.69) is 313 Å². The smallest absolute Gasteiger partial charge is 0.462 e. The Kier molecular flexibility index (Phi) is 270. The molecule has 0 N–H and O–H groups in total. The zero-order chi connectivity index (χ0) is 113. The van der Waals surface area contributed by atoms with E-state index in [1.54, 1.807) is 19.0 Å². The van der Waals surface area contributed by atoms with Crippen molar-refractivity contribution < 1.29 is 233 Å². The molecule has 0 bridgehead atoms. The number of rotatable bonds is 35. The van der Waals surface area contributed by atoms with Crippen LogP contribution in [0.1, 0.15) is 338 Å². The molecule has 2 atom stereocenters. The summed E-state index contributed by atoms with van der Waals surface area (Å²) in [5.41, 5.74) is 0.694. The molecule has 0 aromatic heterocycles. The zero-order valence-corrected chi connectivity index (χ0v) is 138. The Balaban J connectivity index is -0.0000000348. The number of hydrogen-bond acceptors (Lipinski definition) is 16. The van der Waals surface area contributed by atoms with E-state index in [1.165, 1.54) is 58.3 Å². The van der Waals surface area contributed by atoms with E-state index in [4.69, 9.17) is 4.74 Å². The van der Waals surface area contributed by atoms with Gasteiger partial charge < -0.3 is 161 Å². The zero-order valence-electron chi connectivity index (χ0n) is 108. The number of carbonyl (C=O) groups excluding carboxylic acids is 1. The second kappa shape index (κ2) is 169. The van der Waals surface area contributed by atoms with Gasteiger partial charge in [-0.15, -0.1) is 0 Å². The van der Waals surface area contributed by atoms with Crippen LogP contribution in [0, 0.1) is 176 Å². The molecular weight excluding hydrogens is 3520 g/mol. The van der Waals surface area contributed by atoms with E-state index in [0.717, 1.165) is 76.7 Å². The summed E-state index contributed by atoms with van der Waals surface area (Å²) >= 11 is 0. The number of likely N-dealkylation sites (N-methyl/N-ethyl adjacent to an activating group) is 8. The van der Waals surface area contributed by atoms with Crippen molar-refractivity contribution in [2.24, 2.45) is 41.4 Å². The van der Waals surface area contributed by atoms with Crippen molar-refractivity contribution in [1.29, 1.82) is 0 Å². The van der Waals surface area contributed by atoms with Crippen LogP contribution >= 0.6 is 0 Å². The van der Waals surface area contributed by atoms with Crippen molar-refractivity contribution in [1.82, 2.24) is 73.5 Å². The molecule has 0 heterocycles. The van der Waals surface area contributed by atoms with E-state index < -0.39 is 18.3 Å². The summed E-state index contributed by atoms with van der Waals surface area (Å²) in [6.07, 6.45) is 21.8. The first-order chi connectivity index (χ1) is 61.4. The van der Waals surface area contributed by atoms with Gasteiger partial charge in [-0.3, -0.25) is 56.4 Å². The molecule has 1 aliphatic rings. The number of carbonyl (C=O) groups is 1. The number of ether oxygens (including phenoxy) is 1. The summed E-state index contributed by atoms with van der Waals surface area (Å²) in [4.78, 5) is 40.4. The van der Waals surface area contributed by atoms with Gasteiger partial charge in [0.2, 0.25) is 0 Å². The van der Waals surface area contributed by atoms with E-state index in [9.17, 15) is 18.0 Å². The van der Waals surface area contributed by atoms with Crippen LogP contribution in [0.5, 0.6) is 0 Å². The van der Waals surface area contributed by atoms with Gasteiger partial charge >= 0.3 is 211 Å². The summed E-state index contributed by atoms with van der Waals surface area (Å²) in [6, 6.07) is 0.873. The molecule has 30 heteroatoms. The molecule has 888 valence electrons. The molecule has 1 amide bonds. The molecule has 0 radical (unpaired) electrons. The van der Waals surface area contributed by atoms with E-state index in [-0.39, 0.29) is 228 Å². The van der Waals surface area contributed by atoms with Gasteiger partial charge in [-0.2, -0.15) is 147 Å². The number of hydrogen-bond donors (Lipinski definition) is 0. The minimum absolute atomic E-state index is 0. The molecule has 17 nitrogen and oxygen atoms in total. The van der Waals surface area contributed by atoms with E-state index in [0.29, 0.717) is 65.1 Å². The number of alkyl halides is 3. The second-order valence-corrected chi connectivity index (χ2v) is 39.8. The number of amides is 1. The van der Waals surface area contributed by atoms with E-state index in [1.807, 2.05) is 276 Å². The van der Waals surface area contributed by atoms with Gasteiger partial charge in [0, 0.05) is 96.0 Å². The fourth-order valence-electron chi connectivity index (χ4n) is 7.65. The summed E-state index contributed by atoms with van der Waals surface area (Å²) in [7, 11) is 58.8.